The summed E-state index contributed by atoms with van der Waals surface area (Å²) in [5.74, 6) is 0.269. The van der Waals surface area contributed by atoms with Crippen molar-refractivity contribution >= 4 is 21.6 Å². The van der Waals surface area contributed by atoms with Gasteiger partial charge in [-0.05, 0) is 67.7 Å². The number of hydrogen-bond acceptors (Lipinski definition) is 5. The molecule has 0 saturated heterocycles. The number of aryl methyl sites for hydroxylation is 2. The van der Waals surface area contributed by atoms with Crippen molar-refractivity contribution in [2.24, 2.45) is 9.50 Å². The highest BCUT2D eigenvalue weighted by Crippen LogP contribution is 2.39. The molecular weight excluding hydrogens is 418 g/mol. The van der Waals surface area contributed by atoms with Crippen molar-refractivity contribution < 1.29 is 18.5 Å². The minimum atomic E-state index is -3.54. The van der Waals surface area contributed by atoms with Crippen LogP contribution in [0.2, 0.25) is 0 Å². The Kier molecular flexibility index (Phi) is 4.83. The second kappa shape index (κ2) is 7.32. The summed E-state index contributed by atoms with van der Waals surface area (Å²) in [7, 11) is -1.96. The fraction of sp³-hybridized carbons (Fsp3) is 0.524. The van der Waals surface area contributed by atoms with E-state index in [-0.39, 0.29) is 10.8 Å². The number of aromatic nitrogens is 2. The molecule has 0 spiro atoms. The van der Waals surface area contributed by atoms with Gasteiger partial charge >= 0.3 is 6.03 Å². The number of ether oxygens (including phenoxy) is 2. The van der Waals surface area contributed by atoms with Gasteiger partial charge in [-0.1, -0.05) is 6.07 Å². The van der Waals surface area contributed by atoms with Crippen LogP contribution in [-0.2, 0) is 46.9 Å². The Morgan fingerprint density at radius 3 is 2.65 bits per heavy atom. The molecule has 166 valence electrons. The monoisotopic (exact) mass is 445 g/mol. The number of nitrogens with zero attached hydrogens (tertiary/aromatic N) is 3. The Hall–Kier alpha value is -2.43. The molecular formula is C21H27N5O4S. The summed E-state index contributed by atoms with van der Waals surface area (Å²) in [6.07, 6.45) is 7.42. The molecule has 3 N–H and O–H groups in total. The molecule has 2 atom stereocenters. The Labute approximate surface area is 181 Å². The smallest absolute Gasteiger partial charge is 0.354 e. The normalized spacial score (nSPS) is 22.9. The molecule has 2 aromatic rings. The highest BCUT2D eigenvalue weighted by atomic mass is 32.2. The van der Waals surface area contributed by atoms with E-state index in [1.807, 2.05) is 6.92 Å². The number of amides is 2. The van der Waals surface area contributed by atoms with E-state index < -0.39 is 21.5 Å². The van der Waals surface area contributed by atoms with Crippen molar-refractivity contribution in [1.29, 1.82) is 0 Å². The largest absolute Gasteiger partial charge is 0.466 e. The van der Waals surface area contributed by atoms with Crippen LogP contribution in [0.5, 0.6) is 5.88 Å². The van der Waals surface area contributed by atoms with Crippen LogP contribution in [0.3, 0.4) is 0 Å². The highest BCUT2D eigenvalue weighted by Gasteiger charge is 2.39. The number of methoxy groups -OCH3 is 1. The summed E-state index contributed by atoms with van der Waals surface area (Å²) >= 11 is 0. The number of nitrogens with two attached hydrogens (primary N) is 1. The van der Waals surface area contributed by atoms with Gasteiger partial charge in [0.25, 0.3) is 0 Å². The van der Waals surface area contributed by atoms with Gasteiger partial charge in [0.2, 0.25) is 5.88 Å². The zero-order chi connectivity index (χ0) is 21.8. The minimum absolute atomic E-state index is 0.117. The molecule has 0 radical (unpaired) electrons. The first-order valence-electron chi connectivity index (χ1n) is 10.6. The molecule has 10 heteroatoms. The molecule has 0 fully saturated rings. The summed E-state index contributed by atoms with van der Waals surface area (Å²) in [6.45, 7) is 2.64. The average Bonchev–Trinajstić information content (AvgIpc) is 3.43. The standard InChI is InChI=1S/C21H27N5O4S/c1-21(12-29-2)11-26-19(30-21)17(10-23-26)31(22,28)25-20(27)24-18-15-7-3-5-13(15)9-14-6-4-8-16(14)18/h9-10H,3-8,11-12H2,1-2H3,(H3,22,24,25,27,28)/t21-,31+/m1/s1. The van der Waals surface area contributed by atoms with Crippen molar-refractivity contribution in [2.45, 2.75) is 62.5 Å². The summed E-state index contributed by atoms with van der Waals surface area (Å²) in [6, 6.07) is 1.58. The summed E-state index contributed by atoms with van der Waals surface area (Å²) in [5, 5.41) is 13.2. The van der Waals surface area contributed by atoms with Crippen molar-refractivity contribution in [3.8, 4) is 5.88 Å². The van der Waals surface area contributed by atoms with E-state index in [4.69, 9.17) is 14.6 Å². The van der Waals surface area contributed by atoms with Crippen molar-refractivity contribution in [1.82, 2.24) is 9.78 Å². The number of nitrogens with one attached hydrogen (secondary N) is 1. The van der Waals surface area contributed by atoms with E-state index in [1.165, 1.54) is 28.5 Å². The van der Waals surface area contributed by atoms with E-state index in [0.717, 1.165) is 44.2 Å². The van der Waals surface area contributed by atoms with Gasteiger partial charge in [0.15, 0.2) is 15.5 Å². The lowest BCUT2D eigenvalue weighted by Crippen LogP contribution is -2.36. The Morgan fingerprint density at radius 1 is 1.32 bits per heavy atom. The average molecular weight is 446 g/mol. The molecule has 9 nitrogen and oxygen atoms in total. The van der Waals surface area contributed by atoms with E-state index >= 15 is 0 Å². The third kappa shape index (κ3) is 3.52. The number of fused-ring (bicyclic) bond motifs is 3. The van der Waals surface area contributed by atoms with E-state index in [0.29, 0.717) is 13.2 Å². The van der Waals surface area contributed by atoms with Crippen LogP contribution in [-0.4, -0.2) is 39.3 Å². The van der Waals surface area contributed by atoms with Crippen LogP contribution in [0.25, 0.3) is 0 Å². The Morgan fingerprint density at radius 2 is 2.00 bits per heavy atom. The first-order valence-corrected chi connectivity index (χ1v) is 12.1. The summed E-state index contributed by atoms with van der Waals surface area (Å²) in [5.41, 5.74) is 5.15. The molecule has 0 unspecified atom stereocenters. The van der Waals surface area contributed by atoms with Gasteiger partial charge in [0, 0.05) is 12.8 Å². The second-order valence-electron chi connectivity index (χ2n) is 8.78. The molecule has 1 aromatic carbocycles. The lowest BCUT2D eigenvalue weighted by Gasteiger charge is -2.21. The van der Waals surface area contributed by atoms with Crippen molar-refractivity contribution in [3.05, 3.63) is 34.5 Å². The quantitative estimate of drug-likeness (QED) is 0.749. The van der Waals surface area contributed by atoms with Crippen LogP contribution in [0.4, 0.5) is 10.5 Å². The van der Waals surface area contributed by atoms with Gasteiger partial charge in [0.05, 0.1) is 19.3 Å². The maximum absolute atomic E-state index is 13.2. The topological polar surface area (TPSA) is 121 Å². The molecule has 2 aliphatic carbocycles. The molecule has 31 heavy (non-hydrogen) atoms. The predicted octanol–water partition coefficient (Wildman–Crippen LogP) is 2.59. The molecule has 2 amide bonds. The number of anilines is 1. The fourth-order valence-corrected chi connectivity index (χ4v) is 5.99. The highest BCUT2D eigenvalue weighted by molar-refractivity contribution is 7.91. The number of carbonyl (C=O) groups excluding carboxylic acids is 1. The van der Waals surface area contributed by atoms with Crippen molar-refractivity contribution in [3.63, 3.8) is 0 Å². The van der Waals surface area contributed by atoms with Gasteiger partial charge in [0.1, 0.15) is 4.90 Å². The van der Waals surface area contributed by atoms with Gasteiger partial charge in [-0.3, -0.25) is 0 Å². The number of hydrogen-bond donors (Lipinski definition) is 2. The van der Waals surface area contributed by atoms with Crippen LogP contribution < -0.4 is 15.2 Å². The molecule has 3 aliphatic rings. The van der Waals surface area contributed by atoms with Gasteiger partial charge in [-0.2, -0.15) is 5.10 Å². The molecule has 2 heterocycles. The van der Waals surface area contributed by atoms with E-state index in [2.05, 4.69) is 20.8 Å². The zero-order valence-corrected chi connectivity index (χ0v) is 18.6. The third-order valence-corrected chi connectivity index (χ3v) is 7.62. The van der Waals surface area contributed by atoms with Crippen molar-refractivity contribution in [2.75, 3.05) is 19.0 Å². The summed E-state index contributed by atoms with van der Waals surface area (Å²) in [4.78, 5) is 12.9. The number of benzene rings is 1. The van der Waals surface area contributed by atoms with Crippen LogP contribution in [0.15, 0.2) is 21.5 Å². The second-order valence-corrected chi connectivity index (χ2v) is 10.5. The summed E-state index contributed by atoms with van der Waals surface area (Å²) < 4.78 is 29.8. The first kappa shape index (κ1) is 20.5. The SMILES string of the molecule is COC[C@@]1(C)Cn2ncc([S@@](N)(=O)=NC(=O)Nc3c4c(cc5c3CCC5)CCC4)c2O1. The molecule has 1 aliphatic heterocycles. The van der Waals surface area contributed by atoms with E-state index in [9.17, 15) is 9.00 Å². The maximum Gasteiger partial charge on any atom is 0.354 e. The van der Waals surface area contributed by atoms with Crippen LogP contribution in [0.1, 0.15) is 42.0 Å². The number of rotatable bonds is 4. The van der Waals surface area contributed by atoms with Gasteiger partial charge in [-0.15, -0.1) is 4.36 Å². The number of carbonyl (C=O) groups is 1. The Bertz CT molecular complexity index is 1160. The Balaban J connectivity index is 1.45. The van der Waals surface area contributed by atoms with Gasteiger partial charge < -0.3 is 14.8 Å². The molecule has 0 saturated carbocycles. The lowest BCUT2D eigenvalue weighted by atomic mass is 9.99. The van der Waals surface area contributed by atoms with Crippen LogP contribution >= 0.6 is 0 Å². The first-order chi connectivity index (χ1) is 14.8. The third-order valence-electron chi connectivity index (χ3n) is 6.28. The van der Waals surface area contributed by atoms with Crippen LogP contribution in [0, 0.1) is 0 Å². The number of urea groups is 1. The van der Waals surface area contributed by atoms with Gasteiger partial charge in [-0.25, -0.2) is 18.8 Å². The molecule has 1 aromatic heterocycles. The van der Waals surface area contributed by atoms with E-state index in [1.54, 1.807) is 11.8 Å². The molecule has 0 bridgehead atoms. The maximum atomic E-state index is 13.2. The fourth-order valence-electron chi connectivity index (χ4n) is 5.01. The minimum Gasteiger partial charge on any atom is -0.466 e. The zero-order valence-electron chi connectivity index (χ0n) is 17.8. The predicted molar refractivity (Wildman–Crippen MR) is 116 cm³/mol. The molecule has 5 rings (SSSR count). The lowest BCUT2D eigenvalue weighted by molar-refractivity contribution is 0.0165.